The molecule has 1 heterocycles. The Balaban J connectivity index is 0.000000596. The third-order valence-corrected chi connectivity index (χ3v) is 7.96. The summed E-state index contributed by atoms with van der Waals surface area (Å²) in [5, 5.41) is 12.5. The number of H-pyrrole nitrogens is 1. The van der Waals surface area contributed by atoms with Crippen LogP contribution in [0.1, 0.15) is 106 Å². The number of amides is 1. The van der Waals surface area contributed by atoms with Gasteiger partial charge in [0.15, 0.2) is 0 Å². The molecule has 266 valence electrons. The number of hydrogen-bond donors (Lipinski definition) is 4. The van der Waals surface area contributed by atoms with Crippen molar-refractivity contribution < 1.29 is 9.53 Å². The van der Waals surface area contributed by atoms with Crippen molar-refractivity contribution in [2.75, 3.05) is 29.2 Å². The average molecular weight is 667 g/mol. The molecule has 1 fully saturated rings. The van der Waals surface area contributed by atoms with Gasteiger partial charge in [0.25, 0.3) is 0 Å². The number of anilines is 3. The van der Waals surface area contributed by atoms with E-state index in [2.05, 4.69) is 105 Å². The largest absolute Gasteiger partial charge is 0.381 e. The molecule has 0 saturated heterocycles. The number of aromatic amines is 1. The van der Waals surface area contributed by atoms with E-state index in [1.54, 1.807) is 6.08 Å². The Labute approximate surface area is 296 Å². The molecule has 1 aliphatic rings. The maximum atomic E-state index is 11.5. The van der Waals surface area contributed by atoms with Gasteiger partial charge in [0.05, 0.1) is 0 Å². The number of nitrogens with one attached hydrogen (secondary N) is 4. The summed E-state index contributed by atoms with van der Waals surface area (Å²) in [5.41, 5.74) is 7.90. The van der Waals surface area contributed by atoms with Crippen LogP contribution in [0.15, 0.2) is 91.3 Å². The molecule has 0 spiro atoms. The maximum absolute atomic E-state index is 11.5. The molecule has 49 heavy (non-hydrogen) atoms. The van der Waals surface area contributed by atoms with E-state index in [1.807, 2.05) is 31.2 Å². The second-order valence-corrected chi connectivity index (χ2v) is 12.3. The highest BCUT2D eigenvalue weighted by atomic mass is 16.5. The second-order valence-electron chi connectivity index (χ2n) is 12.3. The number of carbonyl (C=O) groups is 1. The van der Waals surface area contributed by atoms with Gasteiger partial charge in [0, 0.05) is 41.3 Å². The molecule has 0 aliphatic heterocycles. The molecule has 2 aromatic carbocycles. The van der Waals surface area contributed by atoms with Gasteiger partial charge < -0.3 is 25.7 Å². The predicted molar refractivity (Wildman–Crippen MR) is 214 cm³/mol. The highest BCUT2D eigenvalue weighted by molar-refractivity contribution is 5.98. The van der Waals surface area contributed by atoms with Gasteiger partial charge in [-0.3, -0.25) is 4.79 Å². The van der Waals surface area contributed by atoms with Crippen molar-refractivity contribution in [2.45, 2.75) is 106 Å². The third-order valence-electron chi connectivity index (χ3n) is 7.96. The fraction of sp³-hybridized carbons (Fsp3) is 0.419. The predicted octanol–water partition coefficient (Wildman–Crippen LogP) is 10.7. The number of ether oxygens (including phenoxy) is 1. The number of allylic oxidation sites excluding steroid dienone is 2. The van der Waals surface area contributed by atoms with E-state index in [1.165, 1.54) is 59.0 Å². The van der Waals surface area contributed by atoms with Crippen LogP contribution >= 0.6 is 0 Å². The molecular weight excluding hydrogens is 604 g/mol. The quantitative estimate of drug-likeness (QED) is 0.0697. The molecule has 0 radical (unpaired) electrons. The van der Waals surface area contributed by atoms with Crippen LogP contribution in [0.5, 0.6) is 0 Å². The van der Waals surface area contributed by atoms with Gasteiger partial charge in [-0.25, -0.2) is 0 Å². The molecule has 1 saturated carbocycles. The van der Waals surface area contributed by atoms with Crippen LogP contribution in [-0.2, 0) is 9.53 Å². The summed E-state index contributed by atoms with van der Waals surface area (Å²) in [4.78, 5) is 15.2. The summed E-state index contributed by atoms with van der Waals surface area (Å²) in [5.74, 6) is 0.821. The molecule has 1 amide bonds. The Morgan fingerprint density at radius 1 is 0.837 bits per heavy atom. The smallest absolute Gasteiger partial charge is 0.247 e. The molecule has 1 aliphatic carbocycles. The zero-order valence-corrected chi connectivity index (χ0v) is 31.1. The lowest BCUT2D eigenvalue weighted by molar-refractivity contribution is -0.111. The van der Waals surface area contributed by atoms with Gasteiger partial charge in [-0.15, -0.1) is 6.58 Å². The number of benzene rings is 2. The first-order valence-corrected chi connectivity index (χ1v) is 18.3. The Kier molecular flexibility index (Phi) is 20.0. The second kappa shape index (κ2) is 23.9. The summed E-state index contributed by atoms with van der Waals surface area (Å²) in [6.07, 6.45) is 16.9. The van der Waals surface area contributed by atoms with E-state index in [0.717, 1.165) is 80.3 Å². The van der Waals surface area contributed by atoms with Crippen molar-refractivity contribution >= 4 is 34.6 Å². The first-order valence-electron chi connectivity index (χ1n) is 18.3. The van der Waals surface area contributed by atoms with Crippen molar-refractivity contribution in [3.05, 3.63) is 102 Å². The van der Waals surface area contributed by atoms with Crippen LogP contribution in [0.25, 0.3) is 22.9 Å². The van der Waals surface area contributed by atoms with Crippen LogP contribution in [-0.4, -0.2) is 24.1 Å². The Bertz CT molecular complexity index is 1550. The van der Waals surface area contributed by atoms with E-state index in [9.17, 15) is 4.79 Å². The molecule has 3 aromatic rings. The minimum absolute atomic E-state index is 0.215. The van der Waals surface area contributed by atoms with Gasteiger partial charge in [0.2, 0.25) is 5.91 Å². The van der Waals surface area contributed by atoms with Crippen LogP contribution in [0.2, 0.25) is 0 Å². The lowest BCUT2D eigenvalue weighted by Gasteiger charge is -2.24. The lowest BCUT2D eigenvalue weighted by atomic mass is 9.92. The topological polar surface area (TPSA) is 78.2 Å². The fourth-order valence-corrected chi connectivity index (χ4v) is 5.22. The van der Waals surface area contributed by atoms with Crippen molar-refractivity contribution in [1.29, 1.82) is 0 Å². The van der Waals surface area contributed by atoms with Gasteiger partial charge in [0.1, 0.15) is 5.82 Å². The summed E-state index contributed by atoms with van der Waals surface area (Å²) in [7, 11) is 0. The van der Waals surface area contributed by atoms with Crippen molar-refractivity contribution in [3.63, 3.8) is 0 Å². The fourth-order valence-electron chi connectivity index (χ4n) is 5.22. The first kappa shape index (κ1) is 40.9. The highest BCUT2D eigenvalue weighted by Crippen LogP contribution is 2.31. The van der Waals surface area contributed by atoms with Crippen LogP contribution < -0.4 is 26.5 Å². The normalized spacial score (nSPS) is 12.7. The summed E-state index contributed by atoms with van der Waals surface area (Å²) in [6.45, 7) is 21.6. The number of rotatable bonds is 16. The number of unbranched alkanes of at least 4 members (excludes halogenated alkanes) is 2. The van der Waals surface area contributed by atoms with Gasteiger partial charge in [-0.2, -0.15) is 0 Å². The van der Waals surface area contributed by atoms with Crippen molar-refractivity contribution in [3.8, 4) is 11.3 Å². The monoisotopic (exact) mass is 666 g/mol. The van der Waals surface area contributed by atoms with Crippen molar-refractivity contribution in [1.82, 2.24) is 4.98 Å². The van der Waals surface area contributed by atoms with Crippen LogP contribution in [0, 0.1) is 0 Å². The Morgan fingerprint density at radius 3 is 1.92 bits per heavy atom. The maximum Gasteiger partial charge on any atom is 0.247 e. The highest BCUT2D eigenvalue weighted by Gasteiger charge is 2.16. The summed E-state index contributed by atoms with van der Waals surface area (Å²) in [6, 6.07) is 18.6. The van der Waals surface area contributed by atoms with Gasteiger partial charge >= 0.3 is 0 Å². The van der Waals surface area contributed by atoms with E-state index in [-0.39, 0.29) is 5.91 Å². The molecule has 0 unspecified atom stereocenters. The minimum Gasteiger partial charge on any atom is -0.381 e. The molecular formula is C43H62N4O2. The SMILES string of the molecule is C=CC.C=CC(=O)Nc1ccc(NC(Nc2ccc(-c3cc(=C(\C)CCC)/c(=C\CC)[nH]3)cc2)=C2CCC2)cc1.CCCCCOCCC. The molecule has 0 bridgehead atoms. The van der Waals surface area contributed by atoms with E-state index >= 15 is 0 Å². The Hall–Kier alpha value is -4.29. The molecule has 4 rings (SSSR count). The zero-order chi connectivity index (χ0) is 35.9. The first-order chi connectivity index (χ1) is 23.8. The Morgan fingerprint density at radius 2 is 1.43 bits per heavy atom. The number of hydrogen-bond acceptors (Lipinski definition) is 4. The zero-order valence-electron chi connectivity index (χ0n) is 31.1. The molecule has 6 nitrogen and oxygen atoms in total. The summed E-state index contributed by atoms with van der Waals surface area (Å²) < 4.78 is 5.28. The van der Waals surface area contributed by atoms with Crippen LogP contribution in [0.3, 0.4) is 0 Å². The minimum atomic E-state index is -0.215. The molecule has 4 N–H and O–H groups in total. The van der Waals surface area contributed by atoms with E-state index in [4.69, 9.17) is 4.74 Å². The van der Waals surface area contributed by atoms with Gasteiger partial charge in [-0.05, 0) is 124 Å². The van der Waals surface area contributed by atoms with Crippen molar-refractivity contribution in [2.24, 2.45) is 0 Å². The summed E-state index contributed by atoms with van der Waals surface area (Å²) >= 11 is 0. The number of aromatic nitrogens is 1. The molecule has 0 atom stereocenters. The molecule has 6 heteroatoms. The third kappa shape index (κ3) is 14.8. The molecule has 1 aromatic heterocycles. The lowest BCUT2D eigenvalue weighted by Crippen LogP contribution is -2.24. The average Bonchev–Trinajstić information content (AvgIpc) is 3.50. The van der Waals surface area contributed by atoms with Gasteiger partial charge in [-0.1, -0.05) is 83.4 Å². The standard InChI is InChI=1S/C32H38N4O.C8H18O.C3H6/c1-5-9-22(4)28-21-30(36-29(28)10-6-2)23-13-15-26(16-14-23)34-32(24-11-8-12-24)35-27-19-17-25(18-20-27)33-31(37)7-3;1-3-5-6-8-9-7-4-2;1-3-2/h7,10,13-21,34-36H,3,5-6,8-9,11-12H2,1-2,4H3,(H,33,37);3-8H2,1-2H3;3H,1H2,2H3/b28-22-,29-10+;;. The van der Waals surface area contributed by atoms with E-state index < -0.39 is 0 Å². The number of carbonyl (C=O) groups excluding carboxylic acids is 1. The van der Waals surface area contributed by atoms with E-state index in [0.29, 0.717) is 0 Å². The van der Waals surface area contributed by atoms with Crippen LogP contribution in [0.4, 0.5) is 17.1 Å².